The van der Waals surface area contributed by atoms with E-state index in [1.807, 2.05) is 32.0 Å². The second kappa shape index (κ2) is 7.36. The van der Waals surface area contributed by atoms with Crippen LogP contribution in [0.3, 0.4) is 0 Å². The summed E-state index contributed by atoms with van der Waals surface area (Å²) in [5.74, 6) is -0.101. The summed E-state index contributed by atoms with van der Waals surface area (Å²) in [5.41, 5.74) is 3.79. The summed E-state index contributed by atoms with van der Waals surface area (Å²) in [5, 5.41) is 3.59. The number of aryl methyl sites for hydroxylation is 2. The standard InChI is InChI=1S/C18H21FIN/c1-4-9-21-18(15-7-5-6-8-16(15)20)14-10-12(2)17(19)13(3)11-14/h5-8,10-11,18,21H,4,9H2,1-3H3. The third-order valence-electron chi connectivity index (χ3n) is 3.61. The van der Waals surface area contributed by atoms with Crippen LogP contribution in [-0.2, 0) is 0 Å². The molecule has 0 saturated carbocycles. The molecule has 0 aliphatic carbocycles. The first kappa shape index (κ1) is 16.4. The molecule has 1 N–H and O–H groups in total. The third kappa shape index (κ3) is 3.83. The van der Waals surface area contributed by atoms with E-state index in [-0.39, 0.29) is 11.9 Å². The van der Waals surface area contributed by atoms with Gasteiger partial charge in [0.1, 0.15) is 5.82 Å². The van der Waals surface area contributed by atoms with Crippen molar-refractivity contribution in [1.82, 2.24) is 5.32 Å². The van der Waals surface area contributed by atoms with Gasteiger partial charge in [-0.3, -0.25) is 0 Å². The van der Waals surface area contributed by atoms with Crippen molar-refractivity contribution in [3.05, 3.63) is 68.0 Å². The Hall–Kier alpha value is -0.940. The number of rotatable bonds is 5. The van der Waals surface area contributed by atoms with Crippen LogP contribution < -0.4 is 5.32 Å². The lowest BCUT2D eigenvalue weighted by Gasteiger charge is -2.22. The normalized spacial score (nSPS) is 12.4. The van der Waals surface area contributed by atoms with Crippen molar-refractivity contribution in [2.75, 3.05) is 6.54 Å². The largest absolute Gasteiger partial charge is 0.306 e. The van der Waals surface area contributed by atoms with Crippen molar-refractivity contribution in [1.29, 1.82) is 0 Å². The first-order valence-electron chi connectivity index (χ1n) is 7.29. The monoisotopic (exact) mass is 397 g/mol. The molecular weight excluding hydrogens is 376 g/mol. The topological polar surface area (TPSA) is 12.0 Å². The van der Waals surface area contributed by atoms with Crippen LogP contribution in [0.4, 0.5) is 4.39 Å². The maximum absolute atomic E-state index is 13.9. The van der Waals surface area contributed by atoms with E-state index in [1.54, 1.807) is 0 Å². The molecule has 3 heteroatoms. The van der Waals surface area contributed by atoms with Crippen molar-refractivity contribution in [2.24, 2.45) is 0 Å². The molecule has 0 saturated heterocycles. The first-order valence-corrected chi connectivity index (χ1v) is 8.37. The Kier molecular flexibility index (Phi) is 5.76. The van der Waals surface area contributed by atoms with Crippen molar-refractivity contribution in [3.8, 4) is 0 Å². The minimum atomic E-state index is -0.101. The highest BCUT2D eigenvalue weighted by Gasteiger charge is 2.17. The van der Waals surface area contributed by atoms with Gasteiger partial charge in [0.2, 0.25) is 0 Å². The molecule has 0 bridgehead atoms. The van der Waals surface area contributed by atoms with E-state index >= 15 is 0 Å². The zero-order chi connectivity index (χ0) is 15.4. The van der Waals surface area contributed by atoms with Crippen molar-refractivity contribution in [2.45, 2.75) is 33.2 Å². The van der Waals surface area contributed by atoms with Gasteiger partial charge in [-0.2, -0.15) is 0 Å². The molecule has 2 aromatic rings. The van der Waals surface area contributed by atoms with Crippen LogP contribution in [0.25, 0.3) is 0 Å². The van der Waals surface area contributed by atoms with Crippen molar-refractivity contribution >= 4 is 22.6 Å². The Morgan fingerprint density at radius 2 is 1.76 bits per heavy atom. The molecule has 1 unspecified atom stereocenters. The SMILES string of the molecule is CCCNC(c1cc(C)c(F)c(C)c1)c1ccccc1I. The first-order chi connectivity index (χ1) is 10.0. The molecule has 0 amide bonds. The zero-order valence-corrected chi connectivity index (χ0v) is 14.9. The molecule has 0 radical (unpaired) electrons. The fourth-order valence-corrected chi connectivity index (χ4v) is 3.25. The lowest BCUT2D eigenvalue weighted by Crippen LogP contribution is -2.24. The van der Waals surface area contributed by atoms with Crippen LogP contribution in [0, 0.1) is 23.2 Å². The zero-order valence-electron chi connectivity index (χ0n) is 12.7. The molecule has 0 spiro atoms. The van der Waals surface area contributed by atoms with Gasteiger partial charge in [-0.05, 0) is 77.7 Å². The number of benzene rings is 2. The van der Waals surface area contributed by atoms with Gasteiger partial charge in [0.05, 0.1) is 6.04 Å². The predicted molar refractivity (Wildman–Crippen MR) is 95.2 cm³/mol. The molecular formula is C18H21FIN. The van der Waals surface area contributed by atoms with Crippen LogP contribution in [0.5, 0.6) is 0 Å². The van der Waals surface area contributed by atoms with Gasteiger partial charge in [-0.15, -0.1) is 0 Å². The predicted octanol–water partition coefficient (Wildman–Crippen LogP) is 5.14. The van der Waals surface area contributed by atoms with Crippen LogP contribution in [0.1, 0.15) is 41.6 Å². The molecule has 21 heavy (non-hydrogen) atoms. The summed E-state index contributed by atoms with van der Waals surface area (Å²) >= 11 is 2.36. The molecule has 0 fully saturated rings. The average Bonchev–Trinajstić information content (AvgIpc) is 2.46. The smallest absolute Gasteiger partial charge is 0.129 e. The van der Waals surface area contributed by atoms with Gasteiger partial charge in [-0.1, -0.05) is 37.3 Å². The molecule has 0 heterocycles. The molecule has 1 nitrogen and oxygen atoms in total. The molecule has 0 aromatic heterocycles. The van der Waals surface area contributed by atoms with Gasteiger partial charge in [0, 0.05) is 3.57 Å². The number of hydrogen-bond acceptors (Lipinski definition) is 1. The van der Waals surface area contributed by atoms with Crippen LogP contribution >= 0.6 is 22.6 Å². The van der Waals surface area contributed by atoms with Gasteiger partial charge < -0.3 is 5.32 Å². The Labute approximate surface area is 140 Å². The second-order valence-corrected chi connectivity index (χ2v) is 6.54. The summed E-state index contributed by atoms with van der Waals surface area (Å²) in [6.45, 7) is 6.75. The van der Waals surface area contributed by atoms with Crippen molar-refractivity contribution < 1.29 is 4.39 Å². The Morgan fingerprint density at radius 3 is 2.33 bits per heavy atom. The number of nitrogens with one attached hydrogen (secondary N) is 1. The quantitative estimate of drug-likeness (QED) is 0.690. The highest BCUT2D eigenvalue weighted by molar-refractivity contribution is 14.1. The van der Waals surface area contributed by atoms with Gasteiger partial charge in [-0.25, -0.2) is 4.39 Å². The number of hydrogen-bond donors (Lipinski definition) is 1. The van der Waals surface area contributed by atoms with Crippen molar-refractivity contribution in [3.63, 3.8) is 0 Å². The Morgan fingerprint density at radius 1 is 1.14 bits per heavy atom. The summed E-state index contributed by atoms with van der Waals surface area (Å²) in [4.78, 5) is 0. The average molecular weight is 397 g/mol. The van der Waals surface area contributed by atoms with E-state index in [4.69, 9.17) is 0 Å². The Balaban J connectivity index is 2.48. The maximum atomic E-state index is 13.9. The van der Waals surface area contributed by atoms with Crippen LogP contribution in [0.2, 0.25) is 0 Å². The fraction of sp³-hybridized carbons (Fsp3) is 0.333. The summed E-state index contributed by atoms with van der Waals surface area (Å²) in [7, 11) is 0. The lowest BCUT2D eigenvalue weighted by atomic mass is 9.95. The maximum Gasteiger partial charge on any atom is 0.129 e. The van der Waals surface area contributed by atoms with E-state index in [1.165, 1.54) is 9.13 Å². The summed E-state index contributed by atoms with van der Waals surface area (Å²) < 4.78 is 15.1. The minimum absolute atomic E-state index is 0.101. The second-order valence-electron chi connectivity index (χ2n) is 5.38. The third-order valence-corrected chi connectivity index (χ3v) is 4.59. The van der Waals surface area contributed by atoms with Gasteiger partial charge in [0.15, 0.2) is 0 Å². The van der Waals surface area contributed by atoms with Gasteiger partial charge in [0.25, 0.3) is 0 Å². The van der Waals surface area contributed by atoms with Crippen LogP contribution in [-0.4, -0.2) is 6.54 Å². The molecule has 112 valence electrons. The minimum Gasteiger partial charge on any atom is -0.306 e. The highest BCUT2D eigenvalue weighted by Crippen LogP contribution is 2.28. The summed E-state index contributed by atoms with van der Waals surface area (Å²) in [6.07, 6.45) is 1.07. The van der Waals surface area contributed by atoms with E-state index in [0.717, 1.165) is 18.5 Å². The van der Waals surface area contributed by atoms with E-state index in [2.05, 4.69) is 53.0 Å². The van der Waals surface area contributed by atoms with Gasteiger partial charge >= 0.3 is 0 Å². The van der Waals surface area contributed by atoms with Crippen LogP contribution in [0.15, 0.2) is 36.4 Å². The fourth-order valence-electron chi connectivity index (χ4n) is 2.55. The molecule has 0 aliphatic rings. The Bertz CT molecular complexity index is 601. The van der Waals surface area contributed by atoms with E-state index in [0.29, 0.717) is 11.1 Å². The molecule has 1 atom stereocenters. The lowest BCUT2D eigenvalue weighted by molar-refractivity contribution is 0.585. The number of halogens is 2. The van der Waals surface area contributed by atoms with E-state index in [9.17, 15) is 4.39 Å². The molecule has 2 rings (SSSR count). The summed E-state index contributed by atoms with van der Waals surface area (Å²) in [6, 6.07) is 12.4. The van der Waals surface area contributed by atoms with E-state index < -0.39 is 0 Å². The molecule has 2 aromatic carbocycles. The molecule has 0 aliphatic heterocycles. The highest BCUT2D eigenvalue weighted by atomic mass is 127.